The minimum atomic E-state index is -0.278. The van der Waals surface area contributed by atoms with Gasteiger partial charge in [-0.1, -0.05) is 11.6 Å². The molecule has 0 N–H and O–H groups in total. The summed E-state index contributed by atoms with van der Waals surface area (Å²) in [6.45, 7) is 3.78. The van der Waals surface area contributed by atoms with E-state index < -0.39 is 0 Å². The monoisotopic (exact) mass is 281 g/mol. The van der Waals surface area contributed by atoms with Crippen molar-refractivity contribution >= 4 is 17.5 Å². The fourth-order valence-corrected chi connectivity index (χ4v) is 2.59. The van der Waals surface area contributed by atoms with Gasteiger partial charge in [-0.05, 0) is 49.7 Å². The van der Waals surface area contributed by atoms with Gasteiger partial charge < -0.3 is 4.74 Å². The van der Waals surface area contributed by atoms with Gasteiger partial charge in [-0.25, -0.2) is 4.90 Å². The van der Waals surface area contributed by atoms with Gasteiger partial charge in [0.1, 0.15) is 5.75 Å². The molecule has 4 heteroatoms. The molecule has 2 aromatic rings. The topological polar surface area (TPSA) is 46.6 Å². The number of anilines is 1. The lowest BCUT2D eigenvalue weighted by Gasteiger charge is -2.15. The first-order valence-corrected chi connectivity index (χ1v) is 6.67. The zero-order chi connectivity index (χ0) is 15.1. The molecule has 0 radical (unpaired) electrons. The van der Waals surface area contributed by atoms with E-state index in [-0.39, 0.29) is 11.8 Å². The lowest BCUT2D eigenvalue weighted by Crippen LogP contribution is -2.29. The van der Waals surface area contributed by atoms with Crippen molar-refractivity contribution in [2.24, 2.45) is 0 Å². The SMILES string of the molecule is COc1ccc(N2C(=O)c3ccc(C)cc3C2=O)cc1C. The van der Waals surface area contributed by atoms with Crippen LogP contribution in [0.4, 0.5) is 5.69 Å². The number of rotatable bonds is 2. The maximum absolute atomic E-state index is 12.5. The summed E-state index contributed by atoms with van der Waals surface area (Å²) in [4.78, 5) is 26.2. The minimum absolute atomic E-state index is 0.275. The second kappa shape index (κ2) is 4.74. The van der Waals surface area contributed by atoms with E-state index in [0.717, 1.165) is 16.9 Å². The van der Waals surface area contributed by atoms with Gasteiger partial charge in [-0.3, -0.25) is 9.59 Å². The van der Waals surface area contributed by atoms with Crippen molar-refractivity contribution in [2.45, 2.75) is 13.8 Å². The van der Waals surface area contributed by atoms with E-state index in [1.807, 2.05) is 19.9 Å². The third kappa shape index (κ3) is 2.00. The van der Waals surface area contributed by atoms with Gasteiger partial charge in [0.15, 0.2) is 0 Å². The van der Waals surface area contributed by atoms with Crippen LogP contribution in [0.1, 0.15) is 31.8 Å². The third-order valence-corrected chi connectivity index (χ3v) is 3.68. The van der Waals surface area contributed by atoms with Crippen molar-refractivity contribution in [3.05, 3.63) is 58.7 Å². The van der Waals surface area contributed by atoms with E-state index >= 15 is 0 Å². The highest BCUT2D eigenvalue weighted by Crippen LogP contribution is 2.31. The quantitative estimate of drug-likeness (QED) is 0.795. The summed E-state index contributed by atoms with van der Waals surface area (Å²) >= 11 is 0. The lowest BCUT2D eigenvalue weighted by atomic mass is 10.1. The first kappa shape index (κ1) is 13.4. The highest BCUT2D eigenvalue weighted by atomic mass is 16.5. The smallest absolute Gasteiger partial charge is 0.266 e. The molecule has 0 aliphatic carbocycles. The predicted octanol–water partition coefficient (Wildman–Crippen LogP) is 3.11. The zero-order valence-electron chi connectivity index (χ0n) is 12.1. The molecule has 0 aromatic heterocycles. The van der Waals surface area contributed by atoms with Crippen LogP contribution >= 0.6 is 0 Å². The van der Waals surface area contributed by atoms with Gasteiger partial charge in [-0.2, -0.15) is 0 Å². The molecule has 0 saturated heterocycles. The van der Waals surface area contributed by atoms with Gasteiger partial charge in [0.05, 0.1) is 23.9 Å². The van der Waals surface area contributed by atoms with Gasteiger partial charge in [-0.15, -0.1) is 0 Å². The molecule has 1 aliphatic rings. The molecule has 1 aliphatic heterocycles. The number of carbonyl (C=O) groups is 2. The molecule has 0 spiro atoms. The molecule has 2 aromatic carbocycles. The summed E-state index contributed by atoms with van der Waals surface area (Å²) in [7, 11) is 1.59. The Bertz CT molecular complexity index is 765. The Morgan fingerprint density at radius 2 is 1.62 bits per heavy atom. The summed E-state index contributed by atoms with van der Waals surface area (Å²) in [5, 5.41) is 0. The summed E-state index contributed by atoms with van der Waals surface area (Å²) in [6, 6.07) is 10.6. The van der Waals surface area contributed by atoms with Crippen LogP contribution in [0.3, 0.4) is 0 Å². The Balaban J connectivity index is 2.07. The number of hydrogen-bond donors (Lipinski definition) is 0. The molecule has 106 valence electrons. The number of aryl methyl sites for hydroxylation is 2. The zero-order valence-corrected chi connectivity index (χ0v) is 12.1. The Kier molecular flexibility index (Phi) is 3.01. The number of imide groups is 1. The van der Waals surface area contributed by atoms with Crippen LogP contribution < -0.4 is 9.64 Å². The van der Waals surface area contributed by atoms with Crippen LogP contribution in [-0.2, 0) is 0 Å². The second-order valence-corrected chi connectivity index (χ2v) is 5.15. The van der Waals surface area contributed by atoms with Crippen molar-refractivity contribution in [3.8, 4) is 5.75 Å². The molecule has 4 nitrogen and oxygen atoms in total. The van der Waals surface area contributed by atoms with Crippen molar-refractivity contribution in [3.63, 3.8) is 0 Å². The Morgan fingerprint density at radius 1 is 0.905 bits per heavy atom. The van der Waals surface area contributed by atoms with Crippen LogP contribution in [0.15, 0.2) is 36.4 Å². The average Bonchev–Trinajstić information content (AvgIpc) is 2.70. The molecule has 0 atom stereocenters. The van der Waals surface area contributed by atoms with Crippen LogP contribution in [-0.4, -0.2) is 18.9 Å². The Labute approximate surface area is 123 Å². The Morgan fingerprint density at radius 3 is 2.29 bits per heavy atom. The van der Waals surface area contributed by atoms with Crippen LogP contribution in [0.2, 0.25) is 0 Å². The second-order valence-electron chi connectivity index (χ2n) is 5.15. The van der Waals surface area contributed by atoms with Gasteiger partial charge in [0, 0.05) is 0 Å². The van der Waals surface area contributed by atoms with Crippen molar-refractivity contribution in [1.29, 1.82) is 0 Å². The first-order valence-electron chi connectivity index (χ1n) is 6.67. The standard InChI is InChI=1S/C17H15NO3/c1-10-4-6-13-14(8-10)17(20)18(16(13)19)12-5-7-15(21-3)11(2)9-12/h4-9H,1-3H3. The summed E-state index contributed by atoms with van der Waals surface area (Å²) in [5.74, 6) is 0.175. The maximum Gasteiger partial charge on any atom is 0.266 e. The van der Waals surface area contributed by atoms with Gasteiger partial charge in [0.25, 0.3) is 11.8 Å². The number of nitrogens with zero attached hydrogens (tertiary/aromatic N) is 1. The van der Waals surface area contributed by atoms with E-state index in [1.54, 1.807) is 37.4 Å². The predicted molar refractivity (Wildman–Crippen MR) is 80.1 cm³/mol. The summed E-state index contributed by atoms with van der Waals surface area (Å²) < 4.78 is 5.21. The molecule has 3 rings (SSSR count). The minimum Gasteiger partial charge on any atom is -0.496 e. The lowest BCUT2D eigenvalue weighted by molar-refractivity contribution is 0.0926. The van der Waals surface area contributed by atoms with Crippen molar-refractivity contribution in [2.75, 3.05) is 12.0 Å². The van der Waals surface area contributed by atoms with Crippen LogP contribution in [0, 0.1) is 13.8 Å². The van der Waals surface area contributed by atoms with E-state index in [9.17, 15) is 9.59 Å². The number of hydrogen-bond acceptors (Lipinski definition) is 3. The maximum atomic E-state index is 12.5. The number of amides is 2. The third-order valence-electron chi connectivity index (χ3n) is 3.68. The summed E-state index contributed by atoms with van der Waals surface area (Å²) in [6.07, 6.45) is 0. The molecule has 0 bridgehead atoms. The number of carbonyl (C=O) groups excluding carboxylic acids is 2. The molecule has 2 amide bonds. The van der Waals surface area contributed by atoms with Crippen molar-refractivity contribution in [1.82, 2.24) is 0 Å². The van der Waals surface area contributed by atoms with E-state index in [1.165, 1.54) is 4.90 Å². The molecule has 0 fully saturated rings. The number of benzene rings is 2. The fraction of sp³-hybridized carbons (Fsp3) is 0.176. The van der Waals surface area contributed by atoms with Gasteiger partial charge in [0.2, 0.25) is 0 Å². The number of ether oxygens (including phenoxy) is 1. The van der Waals surface area contributed by atoms with Gasteiger partial charge >= 0.3 is 0 Å². The molecule has 1 heterocycles. The average molecular weight is 281 g/mol. The summed E-state index contributed by atoms with van der Waals surface area (Å²) in [5.41, 5.74) is 3.33. The highest BCUT2D eigenvalue weighted by molar-refractivity contribution is 6.34. The van der Waals surface area contributed by atoms with Crippen molar-refractivity contribution < 1.29 is 14.3 Å². The molecule has 21 heavy (non-hydrogen) atoms. The van der Waals surface area contributed by atoms with E-state index in [2.05, 4.69) is 0 Å². The number of fused-ring (bicyclic) bond motifs is 1. The molecule has 0 unspecified atom stereocenters. The molecule has 0 saturated carbocycles. The first-order chi connectivity index (χ1) is 10.0. The molecular formula is C17H15NO3. The van der Waals surface area contributed by atoms with Crippen LogP contribution in [0.5, 0.6) is 5.75 Å². The van der Waals surface area contributed by atoms with Crippen LogP contribution in [0.25, 0.3) is 0 Å². The highest BCUT2D eigenvalue weighted by Gasteiger charge is 2.36. The fourth-order valence-electron chi connectivity index (χ4n) is 2.59. The molecular weight excluding hydrogens is 266 g/mol. The number of methoxy groups -OCH3 is 1. The normalized spacial score (nSPS) is 13.6. The Hall–Kier alpha value is -2.62. The van der Waals surface area contributed by atoms with E-state index in [0.29, 0.717) is 16.8 Å². The largest absolute Gasteiger partial charge is 0.496 e. The van der Waals surface area contributed by atoms with E-state index in [4.69, 9.17) is 4.74 Å².